The van der Waals surface area contributed by atoms with E-state index in [1.165, 1.54) is 5.54 Å². The van der Waals surface area contributed by atoms with Crippen molar-refractivity contribution in [1.82, 2.24) is 10.2 Å². The number of alkyl carbamates (subject to hydrolysis) is 1. The van der Waals surface area contributed by atoms with Crippen LogP contribution >= 0.6 is 11.6 Å². The molecule has 4 fully saturated rings. The summed E-state index contributed by atoms with van der Waals surface area (Å²) in [7, 11) is 3.59. The smallest absolute Gasteiger partial charge is 0.414 e. The molecule has 8 nitrogen and oxygen atoms in total. The summed E-state index contributed by atoms with van der Waals surface area (Å²) in [5.41, 5.74) is 0.00779. The van der Waals surface area contributed by atoms with Crippen molar-refractivity contribution in [2.24, 2.45) is 45.8 Å². The Morgan fingerprint density at radius 2 is 1.90 bits per heavy atom. The van der Waals surface area contributed by atoms with Gasteiger partial charge in [0.2, 0.25) is 5.91 Å². The van der Waals surface area contributed by atoms with Crippen molar-refractivity contribution in [2.75, 3.05) is 34.0 Å². The molecule has 10 atom stereocenters. The first-order valence-electron chi connectivity index (χ1n) is 14.9. The number of ketones is 1. The van der Waals surface area contributed by atoms with E-state index < -0.39 is 23.0 Å². The molecular weight excluding hydrogens is 532 g/mol. The Balaban J connectivity index is 1.72. The number of methoxy groups -OCH3 is 1. The second-order valence-corrected chi connectivity index (χ2v) is 14.0. The monoisotopic (exact) mass is 580 g/mol. The van der Waals surface area contributed by atoms with Crippen LogP contribution in [0, 0.1) is 45.8 Å². The molecule has 0 aromatic carbocycles. The van der Waals surface area contributed by atoms with E-state index in [1.807, 2.05) is 13.1 Å². The zero-order valence-corrected chi connectivity index (χ0v) is 26.1. The number of nitrogens with one attached hydrogen (secondary N) is 1. The number of carbonyl (C=O) groups is 3. The Morgan fingerprint density at radius 3 is 2.58 bits per heavy atom. The lowest BCUT2D eigenvalue weighted by Gasteiger charge is -2.62. The molecule has 4 rings (SSSR count). The summed E-state index contributed by atoms with van der Waals surface area (Å²) in [6.07, 6.45) is 4.69. The fraction of sp³-hybridized carbons (Fsp3) is 0.839. The highest BCUT2D eigenvalue weighted by Crippen LogP contribution is 2.68. The van der Waals surface area contributed by atoms with Gasteiger partial charge >= 0.3 is 6.09 Å². The third kappa shape index (κ3) is 5.38. The summed E-state index contributed by atoms with van der Waals surface area (Å²) < 4.78 is 18.0. The molecule has 4 aliphatic rings. The van der Waals surface area contributed by atoms with Crippen LogP contribution in [0.3, 0.4) is 0 Å². The van der Waals surface area contributed by atoms with E-state index in [0.29, 0.717) is 19.4 Å². The van der Waals surface area contributed by atoms with Crippen molar-refractivity contribution in [3.8, 4) is 0 Å². The van der Waals surface area contributed by atoms with Crippen LogP contribution in [-0.4, -0.2) is 68.9 Å². The fourth-order valence-corrected chi connectivity index (χ4v) is 9.28. The molecule has 0 aromatic heterocycles. The average molecular weight is 581 g/mol. The number of piperidine rings is 1. The summed E-state index contributed by atoms with van der Waals surface area (Å²) >= 11 is 6.23. The number of likely N-dealkylation sites (tertiary alicyclic amines) is 1. The lowest BCUT2D eigenvalue weighted by Crippen LogP contribution is -2.63. The molecule has 1 heterocycles. The van der Waals surface area contributed by atoms with Gasteiger partial charge in [-0.2, -0.15) is 0 Å². The highest BCUT2D eigenvalue weighted by atomic mass is 35.5. The van der Waals surface area contributed by atoms with E-state index in [2.05, 4.69) is 44.8 Å². The molecular formula is C31H49ClN2O6. The van der Waals surface area contributed by atoms with Crippen LogP contribution in [-0.2, 0) is 23.8 Å². The van der Waals surface area contributed by atoms with Crippen LogP contribution < -0.4 is 5.32 Å². The van der Waals surface area contributed by atoms with Gasteiger partial charge in [0.25, 0.3) is 0 Å². The minimum atomic E-state index is -0.745. The molecule has 3 saturated carbocycles. The highest BCUT2D eigenvalue weighted by molar-refractivity contribution is 6.25. The molecule has 40 heavy (non-hydrogen) atoms. The fourth-order valence-electron chi connectivity index (χ4n) is 8.99. The van der Waals surface area contributed by atoms with Crippen molar-refractivity contribution in [2.45, 2.75) is 85.4 Å². The van der Waals surface area contributed by atoms with Gasteiger partial charge in [0.15, 0.2) is 0 Å². The minimum absolute atomic E-state index is 0.0462. The predicted octanol–water partition coefficient (Wildman–Crippen LogP) is 5.39. The summed E-state index contributed by atoms with van der Waals surface area (Å²) in [4.78, 5) is 42.6. The third-order valence-electron chi connectivity index (χ3n) is 11.6. The molecule has 1 aliphatic heterocycles. The quantitative estimate of drug-likeness (QED) is 0.421. The summed E-state index contributed by atoms with van der Waals surface area (Å²) in [5.74, 6) is -0.249. The molecule has 0 radical (unpaired) electrons. The van der Waals surface area contributed by atoms with E-state index >= 15 is 0 Å². The van der Waals surface area contributed by atoms with Crippen LogP contribution in [0.1, 0.15) is 73.1 Å². The SMILES string of the molecule is COCO[C@H]1[C@H](C)C23CCC(=O)C2[C@@](C)([C@H](C)CC3)[C@H](OC(=O)NC(=O)[C@H]2CN(C)CC[C@@H]2C)C[C@@]1(C)C=CCl. The minimum Gasteiger partial charge on any atom is -0.445 e. The van der Waals surface area contributed by atoms with Crippen molar-refractivity contribution in [3.05, 3.63) is 11.6 Å². The van der Waals surface area contributed by atoms with Crippen LogP contribution in [0.25, 0.3) is 0 Å². The Labute approximate surface area is 244 Å². The number of hydrogen-bond acceptors (Lipinski definition) is 7. The van der Waals surface area contributed by atoms with Gasteiger partial charge in [0.05, 0.1) is 12.0 Å². The number of hydrogen-bond donors (Lipinski definition) is 1. The first kappa shape index (κ1) is 31.5. The lowest BCUT2D eigenvalue weighted by molar-refractivity contribution is -0.214. The summed E-state index contributed by atoms with van der Waals surface area (Å²) in [5, 5.41) is 2.57. The van der Waals surface area contributed by atoms with Gasteiger partial charge in [0, 0.05) is 42.4 Å². The second kappa shape index (κ2) is 12.0. The van der Waals surface area contributed by atoms with Gasteiger partial charge in [-0.05, 0) is 68.9 Å². The maximum atomic E-state index is 13.8. The Morgan fingerprint density at radius 1 is 1.18 bits per heavy atom. The average Bonchev–Trinajstić information content (AvgIpc) is 3.25. The number of amides is 2. The molecule has 226 valence electrons. The first-order valence-corrected chi connectivity index (χ1v) is 15.4. The van der Waals surface area contributed by atoms with Gasteiger partial charge in [-0.25, -0.2) is 4.79 Å². The van der Waals surface area contributed by atoms with Gasteiger partial charge < -0.3 is 19.1 Å². The normalized spacial score (nSPS) is 44.1. The molecule has 2 bridgehead atoms. The standard InChI is InChI=1S/C31H49ClN2O6/c1-19-10-15-34(6)17-22(19)27(36)33-28(37)40-24-16-29(4,13-14-32)26(39-18-38-7)21(3)31-11-8-20(2)30(24,5)25(31)23(35)9-12-31/h13-14,19-22,24-26H,8-12,15-18H2,1-7H3,(H,33,36,37)/t19-,20+,21-,22-,24+,25?,26-,29+,30-,31?/m0/s1. The summed E-state index contributed by atoms with van der Waals surface area (Å²) in [6.45, 7) is 12.3. The maximum Gasteiger partial charge on any atom is 0.414 e. The lowest BCUT2D eigenvalue weighted by atomic mass is 9.44. The van der Waals surface area contributed by atoms with Gasteiger partial charge in [-0.3, -0.25) is 14.9 Å². The second-order valence-electron chi connectivity index (χ2n) is 13.7. The van der Waals surface area contributed by atoms with Crippen molar-refractivity contribution >= 4 is 29.4 Å². The van der Waals surface area contributed by atoms with Crippen LogP contribution in [0.5, 0.6) is 0 Å². The molecule has 3 aliphatic carbocycles. The van der Waals surface area contributed by atoms with Crippen molar-refractivity contribution < 1.29 is 28.6 Å². The van der Waals surface area contributed by atoms with E-state index in [-0.39, 0.29) is 59.6 Å². The topological polar surface area (TPSA) is 94.2 Å². The van der Waals surface area contributed by atoms with Crippen molar-refractivity contribution in [1.29, 1.82) is 0 Å². The van der Waals surface area contributed by atoms with E-state index in [0.717, 1.165) is 32.2 Å². The predicted molar refractivity (Wildman–Crippen MR) is 153 cm³/mol. The molecule has 9 heteroatoms. The molecule has 1 saturated heterocycles. The number of nitrogens with zero attached hydrogens (tertiary/aromatic N) is 1. The number of imide groups is 1. The number of halogens is 1. The Hall–Kier alpha value is -1.48. The number of carbonyl (C=O) groups excluding carboxylic acids is 3. The van der Waals surface area contributed by atoms with Crippen molar-refractivity contribution in [3.63, 3.8) is 0 Å². The van der Waals surface area contributed by atoms with Crippen LogP contribution in [0.15, 0.2) is 11.6 Å². The molecule has 0 spiro atoms. The number of ether oxygens (including phenoxy) is 3. The number of rotatable bonds is 6. The molecule has 2 unspecified atom stereocenters. The van der Waals surface area contributed by atoms with Gasteiger partial charge in [-0.15, -0.1) is 0 Å². The van der Waals surface area contributed by atoms with Crippen LogP contribution in [0.4, 0.5) is 4.79 Å². The third-order valence-corrected chi connectivity index (χ3v) is 11.7. The van der Waals surface area contributed by atoms with Crippen LogP contribution in [0.2, 0.25) is 0 Å². The largest absolute Gasteiger partial charge is 0.445 e. The Kier molecular flexibility index (Phi) is 9.45. The van der Waals surface area contributed by atoms with E-state index in [9.17, 15) is 14.4 Å². The molecule has 0 aromatic rings. The first-order chi connectivity index (χ1) is 18.8. The summed E-state index contributed by atoms with van der Waals surface area (Å²) in [6, 6.07) is 0. The zero-order valence-electron chi connectivity index (χ0n) is 25.3. The van der Waals surface area contributed by atoms with Gasteiger partial charge in [0.1, 0.15) is 18.7 Å². The molecule has 1 N–H and O–H groups in total. The molecule has 2 amide bonds. The number of Topliss-reactive ketones (excluding diaryl/α,β-unsaturated/α-hetero) is 1. The van der Waals surface area contributed by atoms with E-state index in [1.54, 1.807) is 7.11 Å². The van der Waals surface area contributed by atoms with Gasteiger partial charge in [-0.1, -0.05) is 52.3 Å². The highest BCUT2D eigenvalue weighted by Gasteiger charge is 2.68. The Bertz CT molecular complexity index is 1010. The maximum absolute atomic E-state index is 13.8. The zero-order chi connectivity index (χ0) is 29.5. The van der Waals surface area contributed by atoms with E-state index in [4.69, 9.17) is 25.8 Å².